The molecule has 0 aliphatic carbocycles. The summed E-state index contributed by atoms with van der Waals surface area (Å²) in [5.41, 5.74) is 0.955. The molecule has 1 aliphatic heterocycles. The van der Waals surface area contributed by atoms with Crippen LogP contribution in [-0.2, 0) is 10.0 Å². The fourth-order valence-electron chi connectivity index (χ4n) is 3.03. The Kier molecular flexibility index (Phi) is 5.24. The van der Waals surface area contributed by atoms with Crippen LogP contribution in [-0.4, -0.2) is 35.2 Å². The van der Waals surface area contributed by atoms with Gasteiger partial charge in [-0.15, -0.1) is 0 Å². The van der Waals surface area contributed by atoms with Gasteiger partial charge in [-0.25, -0.2) is 17.5 Å². The van der Waals surface area contributed by atoms with Crippen LogP contribution in [0.25, 0.3) is 0 Å². The number of benzene rings is 2. The van der Waals surface area contributed by atoms with Gasteiger partial charge >= 0.3 is 0 Å². The van der Waals surface area contributed by atoms with E-state index in [1.54, 1.807) is 30.3 Å². The third-order valence-electron chi connectivity index (χ3n) is 4.40. The Morgan fingerprint density at radius 1 is 1.20 bits per heavy atom. The summed E-state index contributed by atoms with van der Waals surface area (Å²) in [7, 11) is -2.17. The van der Waals surface area contributed by atoms with E-state index in [9.17, 15) is 12.8 Å². The number of ether oxygens (including phenoxy) is 1. The second-order valence-electron chi connectivity index (χ2n) is 6.08. The van der Waals surface area contributed by atoms with Crippen LogP contribution in [0.1, 0.15) is 6.42 Å². The zero-order chi connectivity index (χ0) is 17.9. The molecule has 134 valence electrons. The molecule has 0 amide bonds. The lowest BCUT2D eigenvalue weighted by molar-refractivity contribution is 0.402. The minimum Gasteiger partial charge on any atom is -0.495 e. The second-order valence-corrected chi connectivity index (χ2v) is 7.82. The maximum atomic E-state index is 13.0. The SMILES string of the molecule is COc1ccccc1S(=O)(=O)NC[C@@H]1CCN(c2ccc(F)cc2)C1. The van der Waals surface area contributed by atoms with E-state index in [2.05, 4.69) is 9.62 Å². The molecule has 1 fully saturated rings. The zero-order valence-electron chi connectivity index (χ0n) is 14.0. The van der Waals surface area contributed by atoms with Gasteiger partial charge < -0.3 is 9.64 Å². The summed E-state index contributed by atoms with van der Waals surface area (Å²) < 4.78 is 45.9. The van der Waals surface area contributed by atoms with Gasteiger partial charge in [0.05, 0.1) is 7.11 Å². The van der Waals surface area contributed by atoms with Crippen molar-refractivity contribution in [3.63, 3.8) is 0 Å². The molecule has 25 heavy (non-hydrogen) atoms. The minimum absolute atomic E-state index is 0.144. The van der Waals surface area contributed by atoms with Crippen molar-refractivity contribution in [2.24, 2.45) is 5.92 Å². The van der Waals surface area contributed by atoms with Crippen LogP contribution in [0.3, 0.4) is 0 Å². The molecule has 0 unspecified atom stereocenters. The number of hydrogen-bond acceptors (Lipinski definition) is 4. The average Bonchev–Trinajstić information content (AvgIpc) is 3.10. The summed E-state index contributed by atoms with van der Waals surface area (Å²) in [4.78, 5) is 2.28. The number of nitrogens with one attached hydrogen (secondary N) is 1. The van der Waals surface area contributed by atoms with E-state index in [-0.39, 0.29) is 16.6 Å². The molecule has 0 spiro atoms. The van der Waals surface area contributed by atoms with Gasteiger partial charge in [-0.05, 0) is 48.7 Å². The lowest BCUT2D eigenvalue weighted by atomic mass is 10.1. The van der Waals surface area contributed by atoms with Crippen molar-refractivity contribution in [2.45, 2.75) is 11.3 Å². The second kappa shape index (κ2) is 7.41. The molecular weight excluding hydrogens is 343 g/mol. The summed E-state index contributed by atoms with van der Waals surface area (Å²) in [5.74, 6) is 0.271. The number of rotatable bonds is 6. The van der Waals surface area contributed by atoms with Crippen LogP contribution < -0.4 is 14.4 Å². The van der Waals surface area contributed by atoms with Crippen LogP contribution in [0.2, 0.25) is 0 Å². The molecule has 0 saturated carbocycles. The van der Waals surface area contributed by atoms with E-state index < -0.39 is 10.0 Å². The Morgan fingerprint density at radius 2 is 1.92 bits per heavy atom. The number of para-hydroxylation sites is 1. The summed E-state index contributed by atoms with van der Waals surface area (Å²) in [5, 5.41) is 0. The van der Waals surface area contributed by atoms with Crippen molar-refractivity contribution in [3.05, 3.63) is 54.3 Å². The zero-order valence-corrected chi connectivity index (χ0v) is 14.8. The molecule has 0 radical (unpaired) electrons. The molecule has 1 heterocycles. The van der Waals surface area contributed by atoms with E-state index in [1.807, 2.05) is 0 Å². The van der Waals surface area contributed by atoms with Crippen LogP contribution >= 0.6 is 0 Å². The van der Waals surface area contributed by atoms with Crippen molar-refractivity contribution in [3.8, 4) is 5.75 Å². The lowest BCUT2D eigenvalue weighted by Gasteiger charge is -2.19. The molecule has 1 N–H and O–H groups in total. The number of hydrogen-bond donors (Lipinski definition) is 1. The number of sulfonamides is 1. The average molecular weight is 364 g/mol. The molecule has 5 nitrogen and oxygen atoms in total. The molecule has 1 aliphatic rings. The molecule has 0 aromatic heterocycles. The van der Waals surface area contributed by atoms with Gasteiger partial charge in [-0.1, -0.05) is 12.1 Å². The molecule has 2 aromatic rings. The Hall–Kier alpha value is -2.12. The Balaban J connectivity index is 1.61. The van der Waals surface area contributed by atoms with Crippen molar-refractivity contribution >= 4 is 15.7 Å². The van der Waals surface area contributed by atoms with Gasteiger partial charge in [0.25, 0.3) is 0 Å². The van der Waals surface area contributed by atoms with Gasteiger partial charge in [0.1, 0.15) is 16.5 Å². The van der Waals surface area contributed by atoms with Crippen LogP contribution in [0, 0.1) is 11.7 Å². The molecular formula is C18H21FN2O3S. The first-order valence-electron chi connectivity index (χ1n) is 8.13. The Labute approximate surface area is 147 Å². The predicted octanol–water partition coefficient (Wildman–Crippen LogP) is 2.64. The Morgan fingerprint density at radius 3 is 2.64 bits per heavy atom. The monoisotopic (exact) mass is 364 g/mol. The molecule has 1 atom stereocenters. The normalized spacial score (nSPS) is 17.7. The highest BCUT2D eigenvalue weighted by Gasteiger charge is 2.26. The van der Waals surface area contributed by atoms with Gasteiger partial charge in [-0.2, -0.15) is 0 Å². The van der Waals surface area contributed by atoms with Gasteiger partial charge in [0.2, 0.25) is 10.0 Å². The number of nitrogens with zero attached hydrogens (tertiary/aromatic N) is 1. The lowest BCUT2D eigenvalue weighted by Crippen LogP contribution is -2.31. The van der Waals surface area contributed by atoms with Gasteiger partial charge in [0.15, 0.2) is 0 Å². The fourth-order valence-corrected chi connectivity index (χ4v) is 4.32. The van der Waals surface area contributed by atoms with Crippen molar-refractivity contribution < 1.29 is 17.5 Å². The topological polar surface area (TPSA) is 58.6 Å². The standard InChI is InChI=1S/C18H21FN2O3S/c1-24-17-4-2-3-5-18(17)25(22,23)20-12-14-10-11-21(13-14)16-8-6-15(19)7-9-16/h2-9,14,20H,10-13H2,1H3/t14-/m0/s1. The highest BCUT2D eigenvalue weighted by Crippen LogP contribution is 2.25. The van der Waals surface area contributed by atoms with Crippen molar-refractivity contribution in [1.29, 1.82) is 0 Å². The molecule has 0 bridgehead atoms. The van der Waals surface area contributed by atoms with Crippen molar-refractivity contribution in [2.75, 3.05) is 31.6 Å². The molecule has 2 aromatic carbocycles. The Bertz CT molecular complexity index is 824. The quantitative estimate of drug-likeness (QED) is 0.856. The maximum absolute atomic E-state index is 13.0. The summed E-state index contributed by atoms with van der Waals surface area (Å²) in [6.07, 6.45) is 0.881. The summed E-state index contributed by atoms with van der Waals surface area (Å²) in [6.45, 7) is 1.92. The third kappa shape index (κ3) is 4.11. The van der Waals surface area contributed by atoms with E-state index in [0.29, 0.717) is 12.3 Å². The fraction of sp³-hybridized carbons (Fsp3) is 0.333. The van der Waals surface area contributed by atoms with Crippen LogP contribution in [0.4, 0.5) is 10.1 Å². The highest BCUT2D eigenvalue weighted by molar-refractivity contribution is 7.89. The molecule has 1 saturated heterocycles. The molecule has 7 heteroatoms. The number of halogens is 1. The summed E-state index contributed by atoms with van der Waals surface area (Å²) in [6, 6.07) is 12.9. The van der Waals surface area contributed by atoms with Crippen LogP contribution in [0.5, 0.6) is 5.75 Å². The van der Waals surface area contributed by atoms with Gasteiger partial charge in [-0.3, -0.25) is 0 Å². The van der Waals surface area contributed by atoms with Gasteiger partial charge in [0, 0.05) is 25.3 Å². The minimum atomic E-state index is -3.62. The van der Waals surface area contributed by atoms with E-state index >= 15 is 0 Å². The molecule has 3 rings (SSSR count). The predicted molar refractivity (Wildman–Crippen MR) is 94.9 cm³/mol. The highest BCUT2D eigenvalue weighted by atomic mass is 32.2. The third-order valence-corrected chi connectivity index (χ3v) is 5.86. The van der Waals surface area contributed by atoms with E-state index in [0.717, 1.165) is 25.2 Å². The van der Waals surface area contributed by atoms with E-state index in [1.165, 1.54) is 25.3 Å². The smallest absolute Gasteiger partial charge is 0.244 e. The first kappa shape index (κ1) is 17.7. The van der Waals surface area contributed by atoms with Crippen LogP contribution in [0.15, 0.2) is 53.4 Å². The first-order chi connectivity index (χ1) is 12.0. The van der Waals surface area contributed by atoms with Crippen molar-refractivity contribution in [1.82, 2.24) is 4.72 Å². The largest absolute Gasteiger partial charge is 0.495 e. The first-order valence-corrected chi connectivity index (χ1v) is 9.61. The maximum Gasteiger partial charge on any atom is 0.244 e. The number of anilines is 1. The number of methoxy groups -OCH3 is 1. The summed E-state index contributed by atoms with van der Waals surface area (Å²) >= 11 is 0. The van der Waals surface area contributed by atoms with E-state index in [4.69, 9.17) is 4.74 Å².